The van der Waals surface area contributed by atoms with Crippen molar-refractivity contribution < 1.29 is 8.78 Å². The second-order valence-electron chi connectivity index (χ2n) is 5.09. The van der Waals surface area contributed by atoms with Crippen LogP contribution in [0, 0.1) is 11.6 Å². The number of benzene rings is 2. The van der Waals surface area contributed by atoms with Gasteiger partial charge in [-0.2, -0.15) is 0 Å². The topological polar surface area (TPSA) is 29.3 Å². The molecular weight excluding hydrogens is 258 g/mol. The SMILES string of the molecule is Nc1ccc(F)c(F)c1N1CCCc2ccccc2C1. The number of aryl methyl sites for hydroxylation is 1. The Morgan fingerprint density at radius 2 is 1.75 bits per heavy atom. The van der Waals surface area contributed by atoms with Gasteiger partial charge in [0.05, 0.1) is 11.4 Å². The normalized spacial score (nSPS) is 14.8. The van der Waals surface area contributed by atoms with Crippen LogP contribution in [0.5, 0.6) is 0 Å². The molecule has 0 bridgehead atoms. The maximum Gasteiger partial charge on any atom is 0.184 e. The molecule has 0 saturated carbocycles. The van der Waals surface area contributed by atoms with Crippen molar-refractivity contribution >= 4 is 11.4 Å². The van der Waals surface area contributed by atoms with Crippen LogP contribution in [-0.4, -0.2) is 6.54 Å². The van der Waals surface area contributed by atoms with E-state index in [9.17, 15) is 8.78 Å². The van der Waals surface area contributed by atoms with Gasteiger partial charge >= 0.3 is 0 Å². The molecule has 0 atom stereocenters. The predicted octanol–water partition coefficient (Wildman–Crippen LogP) is 3.50. The molecule has 2 N–H and O–H groups in total. The summed E-state index contributed by atoms with van der Waals surface area (Å²) in [5.41, 5.74) is 8.72. The quantitative estimate of drug-likeness (QED) is 0.806. The fraction of sp³-hybridized carbons (Fsp3) is 0.250. The molecule has 0 saturated heterocycles. The Hall–Kier alpha value is -2.10. The first kappa shape index (κ1) is 12.9. The van der Waals surface area contributed by atoms with Gasteiger partial charge < -0.3 is 10.6 Å². The summed E-state index contributed by atoms with van der Waals surface area (Å²) in [5.74, 6) is -1.71. The van der Waals surface area contributed by atoms with E-state index in [-0.39, 0.29) is 11.4 Å². The van der Waals surface area contributed by atoms with E-state index in [4.69, 9.17) is 5.73 Å². The summed E-state index contributed by atoms with van der Waals surface area (Å²) in [6.07, 6.45) is 1.84. The minimum atomic E-state index is -0.857. The number of nitrogens with two attached hydrogens (primary N) is 1. The number of fused-ring (bicyclic) bond motifs is 1. The molecule has 104 valence electrons. The largest absolute Gasteiger partial charge is 0.397 e. The van der Waals surface area contributed by atoms with Crippen molar-refractivity contribution in [2.75, 3.05) is 17.2 Å². The van der Waals surface area contributed by atoms with E-state index < -0.39 is 11.6 Å². The van der Waals surface area contributed by atoms with E-state index in [1.54, 1.807) is 0 Å². The molecule has 0 aliphatic carbocycles. The Morgan fingerprint density at radius 3 is 2.55 bits per heavy atom. The molecule has 0 spiro atoms. The maximum absolute atomic E-state index is 14.1. The van der Waals surface area contributed by atoms with Gasteiger partial charge in [0.1, 0.15) is 0 Å². The Labute approximate surface area is 116 Å². The summed E-state index contributed by atoms with van der Waals surface area (Å²) in [7, 11) is 0. The lowest BCUT2D eigenvalue weighted by atomic mass is 10.0. The van der Waals surface area contributed by atoms with Crippen LogP contribution < -0.4 is 10.6 Å². The zero-order valence-corrected chi connectivity index (χ0v) is 11.1. The molecule has 1 heterocycles. The minimum absolute atomic E-state index is 0.182. The van der Waals surface area contributed by atoms with Gasteiger partial charge in [0.25, 0.3) is 0 Å². The summed E-state index contributed by atoms with van der Waals surface area (Å²) in [4.78, 5) is 1.83. The van der Waals surface area contributed by atoms with Crippen LogP contribution in [-0.2, 0) is 13.0 Å². The first-order valence-corrected chi connectivity index (χ1v) is 6.72. The molecule has 2 nitrogen and oxygen atoms in total. The molecule has 2 aromatic carbocycles. The van der Waals surface area contributed by atoms with Gasteiger partial charge in [0.2, 0.25) is 0 Å². The van der Waals surface area contributed by atoms with E-state index in [0.29, 0.717) is 13.1 Å². The minimum Gasteiger partial charge on any atom is -0.397 e. The molecular formula is C16H16F2N2. The predicted molar refractivity (Wildman–Crippen MR) is 76.6 cm³/mol. The fourth-order valence-corrected chi connectivity index (χ4v) is 2.77. The van der Waals surface area contributed by atoms with Crippen LogP contribution >= 0.6 is 0 Å². The van der Waals surface area contributed by atoms with Crippen molar-refractivity contribution in [3.8, 4) is 0 Å². The van der Waals surface area contributed by atoms with E-state index >= 15 is 0 Å². The summed E-state index contributed by atoms with van der Waals surface area (Å²) >= 11 is 0. The molecule has 1 aliphatic heterocycles. The van der Waals surface area contributed by atoms with Crippen LogP contribution in [0.25, 0.3) is 0 Å². The molecule has 0 radical (unpaired) electrons. The molecule has 1 aliphatic rings. The molecule has 3 rings (SSSR count). The van der Waals surface area contributed by atoms with Gasteiger partial charge in [0.15, 0.2) is 11.6 Å². The fourth-order valence-electron chi connectivity index (χ4n) is 2.77. The molecule has 4 heteroatoms. The Balaban J connectivity index is 2.02. The third-order valence-electron chi connectivity index (χ3n) is 3.77. The molecule has 20 heavy (non-hydrogen) atoms. The standard InChI is InChI=1S/C16H16F2N2/c17-13-7-8-14(19)16(15(13)18)20-9-3-6-11-4-1-2-5-12(11)10-20/h1-2,4-5,7-8H,3,6,9-10,19H2. The maximum atomic E-state index is 14.1. The first-order valence-electron chi connectivity index (χ1n) is 6.72. The first-order chi connectivity index (χ1) is 9.66. The monoisotopic (exact) mass is 274 g/mol. The number of anilines is 2. The number of halogens is 2. The van der Waals surface area contributed by atoms with Gasteiger partial charge in [-0.15, -0.1) is 0 Å². The third-order valence-corrected chi connectivity index (χ3v) is 3.77. The highest BCUT2D eigenvalue weighted by Gasteiger charge is 2.21. The second kappa shape index (κ2) is 5.12. The Kier molecular flexibility index (Phi) is 3.30. The molecule has 0 fully saturated rings. The van der Waals surface area contributed by atoms with Gasteiger partial charge in [-0.25, -0.2) is 8.78 Å². The number of nitrogen functional groups attached to an aromatic ring is 1. The summed E-state index contributed by atoms with van der Waals surface area (Å²) < 4.78 is 27.5. The van der Waals surface area contributed by atoms with Crippen molar-refractivity contribution in [2.24, 2.45) is 0 Å². The number of rotatable bonds is 1. The van der Waals surface area contributed by atoms with E-state index in [0.717, 1.165) is 24.5 Å². The van der Waals surface area contributed by atoms with Crippen LogP contribution in [0.4, 0.5) is 20.2 Å². The number of hydrogen-bond acceptors (Lipinski definition) is 2. The van der Waals surface area contributed by atoms with Crippen LogP contribution in [0.1, 0.15) is 17.5 Å². The van der Waals surface area contributed by atoms with E-state index in [1.807, 2.05) is 23.1 Å². The summed E-state index contributed by atoms with van der Waals surface area (Å²) in [6, 6.07) is 10.6. The van der Waals surface area contributed by atoms with Crippen LogP contribution in [0.2, 0.25) is 0 Å². The van der Waals surface area contributed by atoms with Crippen molar-refractivity contribution in [3.63, 3.8) is 0 Å². The van der Waals surface area contributed by atoms with Crippen LogP contribution in [0.3, 0.4) is 0 Å². The highest BCUT2D eigenvalue weighted by atomic mass is 19.2. The molecule has 0 aromatic heterocycles. The van der Waals surface area contributed by atoms with E-state index in [1.165, 1.54) is 11.6 Å². The molecule has 0 amide bonds. The lowest BCUT2D eigenvalue weighted by Crippen LogP contribution is -2.25. The van der Waals surface area contributed by atoms with Crippen LogP contribution in [0.15, 0.2) is 36.4 Å². The molecule has 0 unspecified atom stereocenters. The third kappa shape index (κ3) is 2.22. The Morgan fingerprint density at radius 1 is 1.00 bits per heavy atom. The number of nitrogens with zero attached hydrogens (tertiary/aromatic N) is 1. The zero-order chi connectivity index (χ0) is 14.1. The lowest BCUT2D eigenvalue weighted by Gasteiger charge is -2.25. The highest BCUT2D eigenvalue weighted by molar-refractivity contribution is 5.68. The number of hydrogen-bond donors (Lipinski definition) is 1. The van der Waals surface area contributed by atoms with Crippen molar-refractivity contribution in [2.45, 2.75) is 19.4 Å². The van der Waals surface area contributed by atoms with Gasteiger partial charge in [0, 0.05) is 13.1 Å². The molecule has 2 aromatic rings. The van der Waals surface area contributed by atoms with Gasteiger partial charge in [-0.05, 0) is 36.1 Å². The Bertz CT molecular complexity index is 640. The zero-order valence-electron chi connectivity index (χ0n) is 11.1. The highest BCUT2D eigenvalue weighted by Crippen LogP contribution is 2.32. The summed E-state index contributed by atoms with van der Waals surface area (Å²) in [6.45, 7) is 1.22. The average molecular weight is 274 g/mol. The van der Waals surface area contributed by atoms with Crippen molar-refractivity contribution in [1.29, 1.82) is 0 Å². The van der Waals surface area contributed by atoms with Gasteiger partial charge in [-0.1, -0.05) is 24.3 Å². The van der Waals surface area contributed by atoms with Crippen molar-refractivity contribution in [3.05, 3.63) is 59.2 Å². The van der Waals surface area contributed by atoms with Gasteiger partial charge in [-0.3, -0.25) is 0 Å². The summed E-state index contributed by atoms with van der Waals surface area (Å²) in [5, 5.41) is 0. The lowest BCUT2D eigenvalue weighted by molar-refractivity contribution is 0.506. The average Bonchev–Trinajstić information content (AvgIpc) is 2.65. The second-order valence-corrected chi connectivity index (χ2v) is 5.09. The van der Waals surface area contributed by atoms with Crippen molar-refractivity contribution in [1.82, 2.24) is 0 Å². The smallest absolute Gasteiger partial charge is 0.184 e. The van der Waals surface area contributed by atoms with E-state index in [2.05, 4.69) is 6.07 Å².